The fourth-order valence-electron chi connectivity index (χ4n) is 3.81. The molecule has 1 atom stereocenters. The maximum absolute atomic E-state index is 12.6. The summed E-state index contributed by atoms with van der Waals surface area (Å²) < 4.78 is 5.35. The highest BCUT2D eigenvalue weighted by atomic mass is 32.2. The minimum absolute atomic E-state index is 0.0345. The van der Waals surface area contributed by atoms with Crippen molar-refractivity contribution in [2.45, 2.75) is 37.1 Å². The van der Waals surface area contributed by atoms with Crippen LogP contribution in [0.4, 0.5) is 5.95 Å². The number of rotatable bonds is 5. The number of morpholine rings is 1. The molecule has 0 bridgehead atoms. The average molecular weight is 415 g/mol. The van der Waals surface area contributed by atoms with Gasteiger partial charge in [-0.3, -0.25) is 14.6 Å². The molecule has 1 aromatic heterocycles. The average Bonchev–Trinajstić information content (AvgIpc) is 2.74. The lowest BCUT2D eigenvalue weighted by atomic mass is 10.0. The van der Waals surface area contributed by atoms with Crippen LogP contribution in [-0.2, 0) is 16.0 Å². The van der Waals surface area contributed by atoms with Crippen LogP contribution in [0.3, 0.4) is 0 Å². The van der Waals surface area contributed by atoms with E-state index >= 15 is 0 Å². The van der Waals surface area contributed by atoms with E-state index in [1.54, 1.807) is 0 Å². The first kappa shape index (κ1) is 20.0. The molecule has 1 saturated heterocycles. The summed E-state index contributed by atoms with van der Waals surface area (Å²) in [4.78, 5) is 35.8. The predicted molar refractivity (Wildman–Crippen MR) is 114 cm³/mol. The van der Waals surface area contributed by atoms with Crippen molar-refractivity contribution in [1.82, 2.24) is 15.3 Å². The van der Waals surface area contributed by atoms with Gasteiger partial charge in [0.05, 0.1) is 19.3 Å². The molecule has 0 spiro atoms. The summed E-state index contributed by atoms with van der Waals surface area (Å²) >= 11 is 1.83. The number of fused-ring (bicyclic) bond motifs is 1. The second-order valence-corrected chi connectivity index (χ2v) is 8.48. The number of nitrogens with one attached hydrogen (secondary N) is 2. The molecule has 8 heteroatoms. The van der Waals surface area contributed by atoms with Crippen LogP contribution in [0.1, 0.15) is 35.7 Å². The van der Waals surface area contributed by atoms with E-state index in [2.05, 4.69) is 27.4 Å². The molecule has 1 amide bonds. The molecule has 1 fully saturated rings. The number of amides is 1. The van der Waals surface area contributed by atoms with E-state index in [1.165, 1.54) is 10.5 Å². The molecule has 0 radical (unpaired) electrons. The highest BCUT2D eigenvalue weighted by Crippen LogP contribution is 2.35. The molecule has 29 heavy (non-hydrogen) atoms. The molecule has 154 valence electrons. The van der Waals surface area contributed by atoms with Gasteiger partial charge in [0, 0.05) is 41.4 Å². The standard InChI is InChI=1S/C21H26N4O3S/c1-14-15(20(27)24-21(22-14)25-9-11-28-12-10-25)6-7-19(26)23-17-8-13-29-18-5-3-2-4-16(17)18/h2-5,17H,6-13H2,1H3,(H,23,26)(H,22,24,27). The fraction of sp³-hybridized carbons (Fsp3) is 0.476. The number of anilines is 1. The molecule has 7 nitrogen and oxygen atoms in total. The maximum Gasteiger partial charge on any atom is 0.255 e. The highest BCUT2D eigenvalue weighted by molar-refractivity contribution is 7.99. The number of hydrogen-bond acceptors (Lipinski definition) is 6. The van der Waals surface area contributed by atoms with Gasteiger partial charge in [-0.2, -0.15) is 0 Å². The molecular weight excluding hydrogens is 388 g/mol. The van der Waals surface area contributed by atoms with Gasteiger partial charge >= 0.3 is 0 Å². The Morgan fingerprint density at radius 1 is 1.34 bits per heavy atom. The molecule has 2 aliphatic rings. The van der Waals surface area contributed by atoms with Crippen molar-refractivity contribution in [2.75, 3.05) is 37.0 Å². The van der Waals surface area contributed by atoms with E-state index < -0.39 is 0 Å². The minimum atomic E-state index is -0.161. The van der Waals surface area contributed by atoms with Crippen molar-refractivity contribution < 1.29 is 9.53 Å². The van der Waals surface area contributed by atoms with Crippen LogP contribution >= 0.6 is 11.8 Å². The number of carbonyl (C=O) groups excluding carboxylic acids is 1. The number of benzene rings is 1. The number of ether oxygens (including phenoxy) is 1. The van der Waals surface area contributed by atoms with Gasteiger partial charge in [0.2, 0.25) is 11.9 Å². The van der Waals surface area contributed by atoms with Crippen LogP contribution in [-0.4, -0.2) is 47.9 Å². The first-order chi connectivity index (χ1) is 14.1. The Kier molecular flexibility index (Phi) is 6.20. The number of nitrogens with zero attached hydrogens (tertiary/aromatic N) is 2. The van der Waals surface area contributed by atoms with E-state index in [1.807, 2.05) is 35.7 Å². The van der Waals surface area contributed by atoms with Crippen molar-refractivity contribution >= 4 is 23.6 Å². The molecular formula is C21H26N4O3S. The van der Waals surface area contributed by atoms with Gasteiger partial charge in [0.1, 0.15) is 0 Å². The fourth-order valence-corrected chi connectivity index (χ4v) is 4.94. The summed E-state index contributed by atoms with van der Waals surface area (Å²) in [6.07, 6.45) is 1.57. The lowest BCUT2D eigenvalue weighted by molar-refractivity contribution is -0.121. The third-order valence-corrected chi connectivity index (χ3v) is 6.54. The molecule has 2 aromatic rings. The third-order valence-electron chi connectivity index (χ3n) is 5.42. The number of aromatic nitrogens is 2. The third kappa shape index (κ3) is 4.64. The topological polar surface area (TPSA) is 87.3 Å². The van der Waals surface area contributed by atoms with Gasteiger partial charge in [0.15, 0.2) is 0 Å². The zero-order valence-electron chi connectivity index (χ0n) is 16.6. The summed E-state index contributed by atoms with van der Waals surface area (Å²) in [5.74, 6) is 1.54. The maximum atomic E-state index is 12.6. The lowest BCUT2D eigenvalue weighted by Crippen LogP contribution is -2.38. The number of carbonyl (C=O) groups is 1. The van der Waals surface area contributed by atoms with Crippen LogP contribution in [0.15, 0.2) is 34.0 Å². The van der Waals surface area contributed by atoms with E-state index in [9.17, 15) is 9.59 Å². The lowest BCUT2D eigenvalue weighted by Gasteiger charge is -2.27. The molecule has 0 saturated carbocycles. The van der Waals surface area contributed by atoms with Crippen molar-refractivity contribution in [1.29, 1.82) is 0 Å². The van der Waals surface area contributed by atoms with Crippen molar-refractivity contribution in [3.63, 3.8) is 0 Å². The van der Waals surface area contributed by atoms with Gasteiger partial charge in [0.25, 0.3) is 5.56 Å². The van der Waals surface area contributed by atoms with Crippen LogP contribution < -0.4 is 15.8 Å². The quantitative estimate of drug-likeness (QED) is 0.780. The first-order valence-electron chi connectivity index (χ1n) is 10.1. The number of H-pyrrole nitrogens is 1. The summed E-state index contributed by atoms with van der Waals surface area (Å²) in [5.41, 5.74) is 2.29. The minimum Gasteiger partial charge on any atom is -0.378 e. The second kappa shape index (κ2) is 9.00. The Morgan fingerprint density at radius 3 is 2.93 bits per heavy atom. The molecule has 4 rings (SSSR count). The van der Waals surface area contributed by atoms with Crippen LogP contribution in [0.2, 0.25) is 0 Å². The van der Waals surface area contributed by atoms with Gasteiger partial charge in [-0.15, -0.1) is 11.8 Å². The molecule has 1 unspecified atom stereocenters. The van der Waals surface area contributed by atoms with E-state index in [0.717, 1.165) is 12.2 Å². The van der Waals surface area contributed by atoms with Crippen LogP contribution in [0.5, 0.6) is 0 Å². The van der Waals surface area contributed by atoms with Crippen molar-refractivity contribution in [3.05, 3.63) is 51.4 Å². The van der Waals surface area contributed by atoms with Gasteiger partial charge in [-0.1, -0.05) is 18.2 Å². The number of thioether (sulfide) groups is 1. The van der Waals surface area contributed by atoms with E-state index in [4.69, 9.17) is 4.74 Å². The van der Waals surface area contributed by atoms with Gasteiger partial charge in [-0.05, 0) is 31.4 Å². The van der Waals surface area contributed by atoms with Gasteiger partial charge in [-0.25, -0.2) is 4.98 Å². The Labute approximate surface area is 174 Å². The zero-order valence-corrected chi connectivity index (χ0v) is 17.4. The molecule has 0 aliphatic carbocycles. The van der Waals surface area contributed by atoms with Crippen molar-refractivity contribution in [3.8, 4) is 0 Å². The smallest absolute Gasteiger partial charge is 0.255 e. The first-order valence-corrected chi connectivity index (χ1v) is 11.0. The summed E-state index contributed by atoms with van der Waals surface area (Å²) in [6, 6.07) is 8.26. The molecule has 1 aromatic carbocycles. The highest BCUT2D eigenvalue weighted by Gasteiger charge is 2.22. The SMILES string of the molecule is Cc1nc(N2CCOCC2)[nH]c(=O)c1CCC(=O)NC1CCSc2ccccc21. The normalized spacial score (nSPS) is 18.9. The number of aryl methyl sites for hydroxylation is 1. The van der Waals surface area contributed by atoms with Crippen molar-refractivity contribution in [2.24, 2.45) is 0 Å². The van der Waals surface area contributed by atoms with E-state index in [-0.39, 0.29) is 23.9 Å². The Hall–Kier alpha value is -2.32. The Balaban J connectivity index is 1.39. The number of hydrogen-bond donors (Lipinski definition) is 2. The van der Waals surface area contributed by atoms with Gasteiger partial charge < -0.3 is 15.0 Å². The Morgan fingerprint density at radius 2 is 2.14 bits per heavy atom. The molecule has 2 N–H and O–H groups in total. The second-order valence-electron chi connectivity index (χ2n) is 7.35. The summed E-state index contributed by atoms with van der Waals surface area (Å²) in [7, 11) is 0. The zero-order chi connectivity index (χ0) is 20.2. The Bertz CT molecular complexity index is 940. The monoisotopic (exact) mass is 414 g/mol. The number of aromatic amines is 1. The predicted octanol–water partition coefficient (Wildman–Crippen LogP) is 2.20. The summed E-state index contributed by atoms with van der Waals surface area (Å²) in [6.45, 7) is 4.53. The molecule has 3 heterocycles. The van der Waals surface area contributed by atoms with E-state index in [0.29, 0.717) is 49.9 Å². The molecule has 2 aliphatic heterocycles. The van der Waals surface area contributed by atoms with Crippen LogP contribution in [0, 0.1) is 6.92 Å². The van der Waals surface area contributed by atoms with Crippen LogP contribution in [0.25, 0.3) is 0 Å². The largest absolute Gasteiger partial charge is 0.378 e. The summed E-state index contributed by atoms with van der Waals surface area (Å²) in [5, 5.41) is 3.14.